The summed E-state index contributed by atoms with van der Waals surface area (Å²) >= 11 is 0. The first-order valence-corrected chi connectivity index (χ1v) is 6.09. The summed E-state index contributed by atoms with van der Waals surface area (Å²) in [6.07, 6.45) is 3.52. The molecule has 2 N–H and O–H groups in total. The molecular formula is C12H17N5O2. The van der Waals surface area contributed by atoms with Gasteiger partial charge in [0.05, 0.1) is 23.4 Å². The average molecular weight is 263 g/mol. The summed E-state index contributed by atoms with van der Waals surface area (Å²) < 4.78 is 1.56. The maximum atomic E-state index is 12.2. The van der Waals surface area contributed by atoms with E-state index in [4.69, 9.17) is 0 Å². The van der Waals surface area contributed by atoms with Crippen molar-refractivity contribution >= 4 is 11.7 Å². The average Bonchev–Trinajstić information content (AvgIpc) is 2.85. The zero-order valence-electron chi connectivity index (χ0n) is 11.2. The molecule has 7 nitrogen and oxygen atoms in total. The van der Waals surface area contributed by atoms with E-state index in [0.717, 1.165) is 5.69 Å². The zero-order chi connectivity index (χ0) is 14.0. The van der Waals surface area contributed by atoms with Gasteiger partial charge in [-0.05, 0) is 20.3 Å². The molecule has 19 heavy (non-hydrogen) atoms. The number of hydrogen-bond acceptors (Lipinski definition) is 5. The number of aliphatic hydroxyl groups is 1. The lowest BCUT2D eigenvalue weighted by Crippen LogP contribution is -2.46. The van der Waals surface area contributed by atoms with Gasteiger partial charge in [-0.25, -0.2) is 9.50 Å². The van der Waals surface area contributed by atoms with Crippen LogP contribution in [0.4, 0.5) is 0 Å². The second-order valence-corrected chi connectivity index (χ2v) is 4.94. The van der Waals surface area contributed by atoms with Gasteiger partial charge in [0.2, 0.25) is 0 Å². The van der Waals surface area contributed by atoms with Crippen molar-refractivity contribution in [2.24, 2.45) is 0 Å². The zero-order valence-corrected chi connectivity index (χ0v) is 11.2. The second kappa shape index (κ2) is 4.93. The van der Waals surface area contributed by atoms with Crippen LogP contribution in [-0.2, 0) is 6.42 Å². The number of hydrogen-bond donors (Lipinski definition) is 2. The number of nitrogens with one attached hydrogen (secondary N) is 1. The van der Waals surface area contributed by atoms with Gasteiger partial charge in [-0.2, -0.15) is 10.1 Å². The number of carbonyl (C=O) groups excluding carboxylic acids is 1. The lowest BCUT2D eigenvalue weighted by molar-refractivity contribution is 0.0867. The van der Waals surface area contributed by atoms with Gasteiger partial charge in [-0.15, -0.1) is 0 Å². The molecule has 0 atom stereocenters. The van der Waals surface area contributed by atoms with Crippen molar-refractivity contribution in [3.8, 4) is 0 Å². The number of nitrogens with zero attached hydrogens (tertiary/aromatic N) is 4. The van der Waals surface area contributed by atoms with E-state index < -0.39 is 5.54 Å². The minimum atomic E-state index is -0.681. The van der Waals surface area contributed by atoms with Gasteiger partial charge < -0.3 is 10.4 Å². The quantitative estimate of drug-likeness (QED) is 0.821. The third kappa shape index (κ3) is 2.55. The monoisotopic (exact) mass is 263 g/mol. The Morgan fingerprint density at radius 1 is 1.47 bits per heavy atom. The summed E-state index contributed by atoms with van der Waals surface area (Å²) in [6.45, 7) is 5.29. The molecule has 0 aliphatic rings. The molecule has 0 radical (unpaired) electrons. The molecule has 0 fully saturated rings. The molecule has 0 unspecified atom stereocenters. The van der Waals surface area contributed by atoms with Crippen molar-refractivity contribution in [2.45, 2.75) is 32.7 Å². The molecule has 0 spiro atoms. The molecule has 2 rings (SSSR count). The standard InChI is InChI=1S/C12H17N5O2/c1-4-9-8(10(19)16-12(2,3)6-18)5-13-11-14-7-15-17(9)11/h5,7,18H,4,6H2,1-3H3,(H,16,19). The molecule has 0 aliphatic heterocycles. The lowest BCUT2D eigenvalue weighted by Gasteiger charge is -2.23. The van der Waals surface area contributed by atoms with E-state index >= 15 is 0 Å². The van der Waals surface area contributed by atoms with Crippen LogP contribution in [0, 0.1) is 0 Å². The van der Waals surface area contributed by atoms with Crippen molar-refractivity contribution < 1.29 is 9.90 Å². The molecule has 102 valence electrons. The van der Waals surface area contributed by atoms with Crippen molar-refractivity contribution in [1.29, 1.82) is 0 Å². The molecule has 2 aromatic heterocycles. The Morgan fingerprint density at radius 2 is 2.21 bits per heavy atom. The Hall–Kier alpha value is -2.02. The predicted molar refractivity (Wildman–Crippen MR) is 68.8 cm³/mol. The summed E-state index contributed by atoms with van der Waals surface area (Å²) in [5, 5.41) is 16.0. The fourth-order valence-corrected chi connectivity index (χ4v) is 1.77. The Kier molecular flexibility index (Phi) is 3.48. The van der Waals surface area contributed by atoms with E-state index in [-0.39, 0.29) is 12.5 Å². The van der Waals surface area contributed by atoms with Crippen LogP contribution < -0.4 is 5.32 Å². The number of rotatable bonds is 4. The molecular weight excluding hydrogens is 246 g/mol. The van der Waals surface area contributed by atoms with E-state index in [2.05, 4.69) is 20.4 Å². The largest absolute Gasteiger partial charge is 0.394 e. The summed E-state index contributed by atoms with van der Waals surface area (Å²) in [4.78, 5) is 20.3. The van der Waals surface area contributed by atoms with Crippen LogP contribution in [0.5, 0.6) is 0 Å². The molecule has 0 aromatic carbocycles. The van der Waals surface area contributed by atoms with E-state index in [1.807, 2.05) is 6.92 Å². The summed E-state index contributed by atoms with van der Waals surface area (Å²) in [5.74, 6) is 0.190. The minimum Gasteiger partial charge on any atom is -0.394 e. The first-order chi connectivity index (χ1) is 8.98. The normalized spacial score (nSPS) is 11.8. The van der Waals surface area contributed by atoms with E-state index in [9.17, 15) is 9.90 Å². The number of aliphatic hydroxyl groups excluding tert-OH is 1. The highest BCUT2D eigenvalue weighted by molar-refractivity contribution is 5.95. The van der Waals surface area contributed by atoms with Crippen molar-refractivity contribution in [3.63, 3.8) is 0 Å². The van der Waals surface area contributed by atoms with Gasteiger partial charge in [-0.1, -0.05) is 6.92 Å². The minimum absolute atomic E-state index is 0.140. The van der Waals surface area contributed by atoms with Crippen LogP contribution in [0.15, 0.2) is 12.5 Å². The Balaban J connectivity index is 2.41. The smallest absolute Gasteiger partial charge is 0.255 e. The van der Waals surface area contributed by atoms with Crippen molar-refractivity contribution in [1.82, 2.24) is 24.9 Å². The molecule has 0 saturated carbocycles. The highest BCUT2D eigenvalue weighted by Crippen LogP contribution is 2.11. The fourth-order valence-electron chi connectivity index (χ4n) is 1.77. The van der Waals surface area contributed by atoms with Crippen LogP contribution in [0.25, 0.3) is 5.78 Å². The third-order valence-electron chi connectivity index (χ3n) is 2.83. The number of fused-ring (bicyclic) bond motifs is 1. The van der Waals surface area contributed by atoms with E-state index in [0.29, 0.717) is 17.8 Å². The maximum Gasteiger partial charge on any atom is 0.255 e. The predicted octanol–water partition coefficient (Wildman–Crippen LogP) is 0.187. The Morgan fingerprint density at radius 3 is 2.84 bits per heavy atom. The first-order valence-electron chi connectivity index (χ1n) is 6.09. The number of amides is 1. The van der Waals surface area contributed by atoms with Crippen LogP contribution in [0.2, 0.25) is 0 Å². The lowest BCUT2D eigenvalue weighted by atomic mass is 10.1. The van der Waals surface area contributed by atoms with Gasteiger partial charge in [0.25, 0.3) is 11.7 Å². The Bertz CT molecular complexity index is 605. The molecule has 2 heterocycles. The van der Waals surface area contributed by atoms with Crippen molar-refractivity contribution in [3.05, 3.63) is 23.8 Å². The molecule has 0 aliphatic carbocycles. The van der Waals surface area contributed by atoms with E-state index in [1.165, 1.54) is 12.5 Å². The highest BCUT2D eigenvalue weighted by atomic mass is 16.3. The fraction of sp³-hybridized carbons (Fsp3) is 0.500. The molecule has 0 saturated heterocycles. The molecule has 0 bridgehead atoms. The molecule has 2 aromatic rings. The van der Waals surface area contributed by atoms with Crippen LogP contribution in [0.1, 0.15) is 36.8 Å². The van der Waals surface area contributed by atoms with Crippen LogP contribution in [0.3, 0.4) is 0 Å². The SMILES string of the molecule is CCc1c(C(=O)NC(C)(C)CO)cnc2ncnn12. The number of aromatic nitrogens is 4. The van der Waals surface area contributed by atoms with Crippen LogP contribution >= 0.6 is 0 Å². The topological polar surface area (TPSA) is 92.4 Å². The molecule has 7 heteroatoms. The van der Waals surface area contributed by atoms with E-state index in [1.54, 1.807) is 18.4 Å². The van der Waals surface area contributed by atoms with Gasteiger partial charge in [0.15, 0.2) is 0 Å². The van der Waals surface area contributed by atoms with Gasteiger partial charge in [0.1, 0.15) is 6.33 Å². The third-order valence-corrected chi connectivity index (χ3v) is 2.83. The number of carbonyl (C=O) groups is 1. The first kappa shape index (κ1) is 13.4. The van der Waals surface area contributed by atoms with Gasteiger partial charge in [-0.3, -0.25) is 4.79 Å². The summed E-state index contributed by atoms with van der Waals surface area (Å²) in [5.41, 5.74) is 0.509. The molecule has 1 amide bonds. The van der Waals surface area contributed by atoms with Gasteiger partial charge >= 0.3 is 0 Å². The summed E-state index contributed by atoms with van der Waals surface area (Å²) in [7, 11) is 0. The summed E-state index contributed by atoms with van der Waals surface area (Å²) in [6, 6.07) is 0. The van der Waals surface area contributed by atoms with Crippen molar-refractivity contribution in [2.75, 3.05) is 6.61 Å². The number of aryl methyl sites for hydroxylation is 1. The second-order valence-electron chi connectivity index (χ2n) is 4.94. The van der Waals surface area contributed by atoms with Gasteiger partial charge in [0, 0.05) is 6.20 Å². The Labute approximate surface area is 110 Å². The highest BCUT2D eigenvalue weighted by Gasteiger charge is 2.23. The van der Waals surface area contributed by atoms with Crippen LogP contribution in [-0.4, -0.2) is 42.7 Å². The maximum absolute atomic E-state index is 12.2.